The zero-order valence-corrected chi connectivity index (χ0v) is 8.30. The quantitative estimate of drug-likeness (QED) is 0.811. The number of nitrogens with zero attached hydrogens (tertiary/aromatic N) is 1. The average Bonchev–Trinajstić information content (AvgIpc) is 2.56. The molecule has 0 aliphatic rings. The number of amides is 1. The summed E-state index contributed by atoms with van der Waals surface area (Å²) >= 11 is 1.25. The van der Waals surface area contributed by atoms with Gasteiger partial charge in [0.15, 0.2) is 5.75 Å². The van der Waals surface area contributed by atoms with Crippen molar-refractivity contribution in [2.45, 2.75) is 0 Å². The molecule has 5 heteroatoms. The van der Waals surface area contributed by atoms with Crippen molar-refractivity contribution in [1.29, 1.82) is 0 Å². The van der Waals surface area contributed by atoms with Gasteiger partial charge in [-0.25, -0.2) is 4.98 Å². The lowest BCUT2D eigenvalue weighted by molar-refractivity contribution is 0.100. The van der Waals surface area contributed by atoms with Crippen LogP contribution in [0, 0.1) is 0 Å². The smallest absolute Gasteiger partial charge is 0.262 e. The van der Waals surface area contributed by atoms with Gasteiger partial charge in [0.2, 0.25) is 0 Å². The van der Waals surface area contributed by atoms with Gasteiger partial charge in [0.05, 0.1) is 12.5 Å². The summed E-state index contributed by atoms with van der Waals surface area (Å²) in [6.07, 6.45) is 1.67. The van der Waals surface area contributed by atoms with E-state index in [4.69, 9.17) is 10.5 Å². The Labute approximate surface area is 84.3 Å². The fourth-order valence-corrected chi connectivity index (χ4v) is 2.24. The van der Waals surface area contributed by atoms with Crippen molar-refractivity contribution in [3.8, 4) is 5.75 Å². The normalized spacial score (nSPS) is 10.4. The van der Waals surface area contributed by atoms with Crippen LogP contribution in [0.4, 0.5) is 0 Å². The van der Waals surface area contributed by atoms with E-state index in [1.807, 2.05) is 6.07 Å². The maximum Gasteiger partial charge on any atom is 0.262 e. The van der Waals surface area contributed by atoms with E-state index in [2.05, 4.69) is 4.98 Å². The molecule has 1 amide bonds. The van der Waals surface area contributed by atoms with Crippen molar-refractivity contribution in [2.24, 2.45) is 5.73 Å². The fourth-order valence-electron chi connectivity index (χ4n) is 1.28. The summed E-state index contributed by atoms with van der Waals surface area (Å²) in [4.78, 5) is 16.4. The van der Waals surface area contributed by atoms with Crippen LogP contribution in [0.1, 0.15) is 9.67 Å². The number of fused-ring (bicyclic) bond motifs is 1. The maximum atomic E-state index is 11.1. The molecular weight excluding hydrogens is 200 g/mol. The summed E-state index contributed by atoms with van der Waals surface area (Å²) in [7, 11) is 1.51. The number of ether oxygens (including phenoxy) is 1. The molecule has 14 heavy (non-hydrogen) atoms. The van der Waals surface area contributed by atoms with E-state index in [1.54, 1.807) is 12.3 Å². The van der Waals surface area contributed by atoms with Gasteiger partial charge < -0.3 is 10.5 Å². The van der Waals surface area contributed by atoms with E-state index in [-0.39, 0.29) is 0 Å². The molecule has 0 fully saturated rings. The number of pyridine rings is 1. The molecule has 0 saturated heterocycles. The van der Waals surface area contributed by atoms with Gasteiger partial charge in [-0.2, -0.15) is 0 Å². The SMILES string of the molecule is COc1c(C(N)=O)sc2ncccc12. The molecule has 0 aromatic carbocycles. The van der Waals surface area contributed by atoms with E-state index >= 15 is 0 Å². The molecule has 0 aliphatic heterocycles. The Morgan fingerprint density at radius 3 is 3.07 bits per heavy atom. The predicted molar refractivity (Wildman–Crippen MR) is 54.7 cm³/mol. The zero-order valence-electron chi connectivity index (χ0n) is 7.48. The molecule has 0 aliphatic carbocycles. The molecule has 0 saturated carbocycles. The monoisotopic (exact) mass is 208 g/mol. The van der Waals surface area contributed by atoms with Gasteiger partial charge in [-0.1, -0.05) is 0 Å². The third kappa shape index (κ3) is 1.22. The fraction of sp³-hybridized carbons (Fsp3) is 0.111. The Kier molecular flexibility index (Phi) is 2.09. The van der Waals surface area contributed by atoms with E-state index in [9.17, 15) is 4.79 Å². The summed E-state index contributed by atoms with van der Waals surface area (Å²) in [5, 5.41) is 0.828. The highest BCUT2D eigenvalue weighted by atomic mass is 32.1. The number of thiophene rings is 1. The maximum absolute atomic E-state index is 11.1. The molecule has 72 valence electrons. The van der Waals surface area contributed by atoms with Gasteiger partial charge in [0.1, 0.15) is 9.71 Å². The van der Waals surface area contributed by atoms with Gasteiger partial charge in [-0.05, 0) is 12.1 Å². The molecule has 2 N–H and O–H groups in total. The molecule has 2 aromatic rings. The van der Waals surface area contributed by atoms with Crippen LogP contribution in [-0.2, 0) is 0 Å². The van der Waals surface area contributed by atoms with E-state index in [0.29, 0.717) is 10.6 Å². The minimum Gasteiger partial charge on any atom is -0.494 e. The Morgan fingerprint density at radius 1 is 1.64 bits per heavy atom. The van der Waals surface area contributed by atoms with Crippen LogP contribution in [0.3, 0.4) is 0 Å². The number of methoxy groups -OCH3 is 1. The summed E-state index contributed by atoms with van der Waals surface area (Å²) in [5.41, 5.74) is 5.22. The zero-order chi connectivity index (χ0) is 10.1. The second kappa shape index (κ2) is 3.26. The molecule has 0 atom stereocenters. The lowest BCUT2D eigenvalue weighted by Gasteiger charge is -1.98. The summed E-state index contributed by atoms with van der Waals surface area (Å²) in [5.74, 6) is 0.0375. The van der Waals surface area contributed by atoms with E-state index < -0.39 is 5.91 Å². The topological polar surface area (TPSA) is 65.2 Å². The molecule has 0 spiro atoms. The highest BCUT2D eigenvalue weighted by Crippen LogP contribution is 2.35. The number of aromatic nitrogens is 1. The van der Waals surface area contributed by atoms with Gasteiger partial charge in [-0.3, -0.25) is 4.79 Å². The highest BCUT2D eigenvalue weighted by molar-refractivity contribution is 7.20. The Hall–Kier alpha value is -1.62. The van der Waals surface area contributed by atoms with Crippen molar-refractivity contribution in [2.75, 3.05) is 7.11 Å². The first-order valence-corrected chi connectivity index (χ1v) is 4.77. The van der Waals surface area contributed by atoms with Crippen molar-refractivity contribution < 1.29 is 9.53 Å². The molecule has 2 aromatic heterocycles. The first-order valence-electron chi connectivity index (χ1n) is 3.95. The second-order valence-corrected chi connectivity index (χ2v) is 3.68. The van der Waals surface area contributed by atoms with E-state index in [0.717, 1.165) is 10.2 Å². The van der Waals surface area contributed by atoms with Crippen molar-refractivity contribution in [3.63, 3.8) is 0 Å². The van der Waals surface area contributed by atoms with Crippen LogP contribution < -0.4 is 10.5 Å². The lowest BCUT2D eigenvalue weighted by atomic mass is 10.3. The van der Waals surface area contributed by atoms with E-state index in [1.165, 1.54) is 18.4 Å². The molecule has 0 radical (unpaired) electrons. The number of carbonyl (C=O) groups excluding carboxylic acids is 1. The van der Waals surface area contributed by atoms with Crippen LogP contribution in [0.25, 0.3) is 10.2 Å². The van der Waals surface area contributed by atoms with Gasteiger partial charge >= 0.3 is 0 Å². The molecule has 0 unspecified atom stereocenters. The van der Waals surface area contributed by atoms with Crippen LogP contribution in [0.5, 0.6) is 5.75 Å². The molecule has 0 bridgehead atoms. The number of rotatable bonds is 2. The second-order valence-electron chi connectivity index (χ2n) is 2.68. The number of hydrogen-bond acceptors (Lipinski definition) is 4. The minimum absolute atomic E-state index is 0.418. The number of primary amides is 1. The van der Waals surface area contributed by atoms with Crippen molar-refractivity contribution in [1.82, 2.24) is 4.98 Å². The molecule has 4 nitrogen and oxygen atoms in total. The van der Waals surface area contributed by atoms with Gasteiger partial charge in [-0.15, -0.1) is 11.3 Å². The van der Waals surface area contributed by atoms with Gasteiger partial charge in [0.25, 0.3) is 5.91 Å². The van der Waals surface area contributed by atoms with Crippen LogP contribution in [-0.4, -0.2) is 18.0 Å². The lowest BCUT2D eigenvalue weighted by Crippen LogP contribution is -2.09. The average molecular weight is 208 g/mol. The Bertz CT molecular complexity index is 493. The Morgan fingerprint density at radius 2 is 2.43 bits per heavy atom. The van der Waals surface area contributed by atoms with Crippen molar-refractivity contribution in [3.05, 3.63) is 23.2 Å². The largest absolute Gasteiger partial charge is 0.494 e. The third-order valence-corrected chi connectivity index (χ3v) is 2.96. The Balaban J connectivity index is 2.78. The summed E-state index contributed by atoms with van der Waals surface area (Å²) in [6, 6.07) is 3.65. The number of carbonyl (C=O) groups is 1. The van der Waals surface area contributed by atoms with Gasteiger partial charge in [0, 0.05) is 6.20 Å². The molecule has 2 rings (SSSR count). The first-order chi connectivity index (χ1) is 6.74. The van der Waals surface area contributed by atoms with Crippen LogP contribution in [0.15, 0.2) is 18.3 Å². The third-order valence-electron chi connectivity index (χ3n) is 1.85. The molecular formula is C9H8N2O2S. The number of nitrogens with two attached hydrogens (primary N) is 1. The number of hydrogen-bond donors (Lipinski definition) is 1. The summed E-state index contributed by atoms with van der Waals surface area (Å²) in [6.45, 7) is 0. The predicted octanol–water partition coefficient (Wildman–Crippen LogP) is 1.40. The van der Waals surface area contributed by atoms with Crippen molar-refractivity contribution >= 4 is 27.5 Å². The minimum atomic E-state index is -0.482. The summed E-state index contributed by atoms with van der Waals surface area (Å²) < 4.78 is 5.13. The van der Waals surface area contributed by atoms with Crippen LogP contribution in [0.2, 0.25) is 0 Å². The van der Waals surface area contributed by atoms with Crippen LogP contribution >= 0.6 is 11.3 Å². The standard InChI is InChI=1S/C9H8N2O2S/c1-13-6-5-3-2-4-11-9(5)14-7(6)8(10)12/h2-4H,1H3,(H2,10,12). The molecule has 2 heterocycles. The first kappa shape index (κ1) is 8.96. The highest BCUT2D eigenvalue weighted by Gasteiger charge is 2.16.